The van der Waals surface area contributed by atoms with Gasteiger partial charge >= 0.3 is 12.1 Å². The second kappa shape index (κ2) is 6.54. The SMILES string of the molecule is CS(=O)(=O)N1CCN(C(=O)N[C@H](c2ccsc2)c2cccs2)C1=O. The van der Waals surface area contributed by atoms with Crippen molar-refractivity contribution in [3.8, 4) is 0 Å². The molecule has 0 spiro atoms. The third-order valence-electron chi connectivity index (χ3n) is 3.59. The molecule has 24 heavy (non-hydrogen) atoms. The molecule has 1 fully saturated rings. The fraction of sp³-hybridized carbons (Fsp3) is 0.286. The lowest BCUT2D eigenvalue weighted by Crippen LogP contribution is -2.44. The van der Waals surface area contributed by atoms with Gasteiger partial charge in [0.05, 0.1) is 25.4 Å². The second-order valence-corrected chi connectivity index (χ2v) is 8.89. The molecule has 1 aliphatic rings. The molecule has 0 aliphatic carbocycles. The molecule has 0 saturated carbocycles. The standard InChI is InChI=1S/C14H15N3O4S3/c1-24(20,21)17-6-5-16(14(17)19)13(18)15-12(10-4-8-22-9-10)11-3-2-7-23-11/h2-4,7-9,12H,5-6H2,1H3,(H,15,18)/t12-/m1/s1. The first kappa shape index (κ1) is 16.9. The third kappa shape index (κ3) is 3.30. The van der Waals surface area contributed by atoms with E-state index in [2.05, 4.69) is 5.32 Å². The van der Waals surface area contributed by atoms with Crippen LogP contribution in [0.2, 0.25) is 0 Å². The van der Waals surface area contributed by atoms with Crippen LogP contribution in [-0.4, -0.2) is 49.0 Å². The molecule has 1 saturated heterocycles. The maximum absolute atomic E-state index is 12.5. The molecule has 0 radical (unpaired) electrons. The van der Waals surface area contributed by atoms with Crippen molar-refractivity contribution in [3.63, 3.8) is 0 Å². The predicted octanol–water partition coefficient (Wildman–Crippen LogP) is 2.31. The average Bonchev–Trinajstić information content (AvgIpc) is 3.25. The molecule has 10 heteroatoms. The molecule has 128 valence electrons. The summed E-state index contributed by atoms with van der Waals surface area (Å²) < 4.78 is 23.8. The Morgan fingerprint density at radius 2 is 2.08 bits per heavy atom. The van der Waals surface area contributed by atoms with Gasteiger partial charge in [-0.2, -0.15) is 11.3 Å². The topological polar surface area (TPSA) is 86.8 Å². The van der Waals surface area contributed by atoms with E-state index < -0.39 is 22.1 Å². The highest BCUT2D eigenvalue weighted by Crippen LogP contribution is 2.28. The van der Waals surface area contributed by atoms with Gasteiger partial charge in [-0.25, -0.2) is 27.2 Å². The van der Waals surface area contributed by atoms with Crippen LogP contribution in [0.4, 0.5) is 9.59 Å². The number of urea groups is 2. The zero-order valence-electron chi connectivity index (χ0n) is 12.7. The van der Waals surface area contributed by atoms with Crippen molar-refractivity contribution in [3.05, 3.63) is 44.8 Å². The normalized spacial score (nSPS) is 16.5. The minimum absolute atomic E-state index is 0.0206. The van der Waals surface area contributed by atoms with Crippen LogP contribution in [0.25, 0.3) is 0 Å². The van der Waals surface area contributed by atoms with Gasteiger partial charge in [0.2, 0.25) is 10.0 Å². The smallest absolute Gasteiger partial charge is 0.326 e. The van der Waals surface area contributed by atoms with E-state index >= 15 is 0 Å². The summed E-state index contributed by atoms with van der Waals surface area (Å²) in [6, 6.07) is 3.91. The molecule has 2 aromatic rings. The number of amides is 4. The van der Waals surface area contributed by atoms with E-state index in [0.29, 0.717) is 4.31 Å². The number of nitrogens with zero attached hydrogens (tertiary/aromatic N) is 2. The van der Waals surface area contributed by atoms with Gasteiger partial charge in [0.1, 0.15) is 0 Å². The summed E-state index contributed by atoms with van der Waals surface area (Å²) in [5.74, 6) is 0. The van der Waals surface area contributed by atoms with Crippen molar-refractivity contribution in [2.75, 3.05) is 19.3 Å². The first-order chi connectivity index (χ1) is 11.4. The molecule has 1 aliphatic heterocycles. The van der Waals surface area contributed by atoms with Crippen LogP contribution < -0.4 is 5.32 Å². The van der Waals surface area contributed by atoms with E-state index in [1.165, 1.54) is 22.7 Å². The molecule has 3 rings (SSSR count). The molecular formula is C14H15N3O4S3. The first-order valence-corrected chi connectivity index (χ1v) is 10.7. The molecule has 7 nitrogen and oxygen atoms in total. The van der Waals surface area contributed by atoms with E-state index in [-0.39, 0.29) is 19.1 Å². The average molecular weight is 385 g/mol. The maximum atomic E-state index is 12.5. The number of nitrogens with one attached hydrogen (secondary N) is 1. The Hall–Kier alpha value is -1.91. The van der Waals surface area contributed by atoms with Gasteiger partial charge in [0.15, 0.2) is 0 Å². The number of hydrogen-bond acceptors (Lipinski definition) is 6. The van der Waals surface area contributed by atoms with E-state index in [1.807, 2.05) is 34.3 Å². The Morgan fingerprint density at radius 3 is 2.62 bits per heavy atom. The number of thiophene rings is 2. The quantitative estimate of drug-likeness (QED) is 0.875. The largest absolute Gasteiger partial charge is 0.341 e. The van der Waals surface area contributed by atoms with Gasteiger partial charge in [-0.05, 0) is 33.8 Å². The number of sulfonamides is 1. The molecule has 4 amide bonds. The fourth-order valence-corrected chi connectivity index (χ4v) is 4.71. The maximum Gasteiger partial charge on any atom is 0.341 e. The van der Waals surface area contributed by atoms with Crippen LogP contribution in [0.1, 0.15) is 16.5 Å². The third-order valence-corrected chi connectivity index (χ3v) is 6.37. The van der Waals surface area contributed by atoms with Crippen molar-refractivity contribution in [1.82, 2.24) is 14.5 Å². The van der Waals surface area contributed by atoms with Crippen molar-refractivity contribution in [1.29, 1.82) is 0 Å². The van der Waals surface area contributed by atoms with Crippen LogP contribution in [0.3, 0.4) is 0 Å². The highest BCUT2D eigenvalue weighted by molar-refractivity contribution is 7.88. The van der Waals surface area contributed by atoms with Crippen molar-refractivity contribution in [2.45, 2.75) is 6.04 Å². The van der Waals surface area contributed by atoms with Gasteiger partial charge < -0.3 is 5.32 Å². The Balaban J connectivity index is 1.79. The molecule has 3 heterocycles. The Morgan fingerprint density at radius 1 is 1.29 bits per heavy atom. The van der Waals surface area contributed by atoms with Crippen LogP contribution in [0, 0.1) is 0 Å². The molecule has 0 aromatic carbocycles. The summed E-state index contributed by atoms with van der Waals surface area (Å²) in [6.45, 7) is 0.0196. The molecule has 1 atom stereocenters. The number of carbonyl (C=O) groups is 2. The van der Waals surface area contributed by atoms with E-state index in [9.17, 15) is 18.0 Å². The summed E-state index contributed by atoms with van der Waals surface area (Å²) >= 11 is 3.01. The van der Waals surface area contributed by atoms with Crippen LogP contribution in [-0.2, 0) is 10.0 Å². The summed E-state index contributed by atoms with van der Waals surface area (Å²) in [7, 11) is -3.67. The number of imide groups is 1. The van der Waals surface area contributed by atoms with Crippen molar-refractivity contribution in [2.24, 2.45) is 0 Å². The monoisotopic (exact) mass is 385 g/mol. The number of rotatable bonds is 4. The van der Waals surface area contributed by atoms with Gasteiger partial charge in [-0.1, -0.05) is 6.07 Å². The Bertz CT molecular complexity index is 797. The van der Waals surface area contributed by atoms with E-state index in [0.717, 1.165) is 21.6 Å². The highest BCUT2D eigenvalue weighted by atomic mass is 32.2. The zero-order chi connectivity index (χ0) is 17.3. The van der Waals surface area contributed by atoms with Crippen molar-refractivity contribution >= 4 is 44.8 Å². The first-order valence-electron chi connectivity index (χ1n) is 7.03. The molecule has 1 N–H and O–H groups in total. The summed E-state index contributed by atoms with van der Waals surface area (Å²) in [6.07, 6.45) is 0.951. The minimum atomic E-state index is -3.67. The predicted molar refractivity (Wildman–Crippen MR) is 92.7 cm³/mol. The summed E-state index contributed by atoms with van der Waals surface area (Å²) in [5.41, 5.74) is 0.919. The van der Waals surface area contributed by atoms with Gasteiger partial charge in [0.25, 0.3) is 0 Å². The molecule has 0 bridgehead atoms. The van der Waals surface area contributed by atoms with Crippen LogP contribution in [0.15, 0.2) is 34.3 Å². The number of carbonyl (C=O) groups excluding carboxylic acids is 2. The lowest BCUT2D eigenvalue weighted by Gasteiger charge is -2.21. The van der Waals surface area contributed by atoms with E-state index in [4.69, 9.17) is 0 Å². The van der Waals surface area contributed by atoms with Gasteiger partial charge in [0, 0.05) is 4.88 Å². The van der Waals surface area contributed by atoms with Crippen LogP contribution >= 0.6 is 22.7 Å². The number of hydrogen-bond donors (Lipinski definition) is 1. The Kier molecular flexibility index (Phi) is 4.61. The van der Waals surface area contributed by atoms with E-state index in [1.54, 1.807) is 0 Å². The summed E-state index contributed by atoms with van der Waals surface area (Å²) in [4.78, 5) is 26.5. The fourth-order valence-electron chi connectivity index (χ4n) is 2.43. The second-order valence-electron chi connectivity index (χ2n) is 5.22. The lowest BCUT2D eigenvalue weighted by molar-refractivity contribution is 0.192. The van der Waals surface area contributed by atoms with Crippen molar-refractivity contribution < 1.29 is 18.0 Å². The Labute approximate surface area is 147 Å². The zero-order valence-corrected chi connectivity index (χ0v) is 15.2. The van der Waals surface area contributed by atoms with Gasteiger partial charge in [-0.15, -0.1) is 11.3 Å². The van der Waals surface area contributed by atoms with Crippen LogP contribution in [0.5, 0.6) is 0 Å². The lowest BCUT2D eigenvalue weighted by atomic mass is 10.1. The molecule has 2 aromatic heterocycles. The highest BCUT2D eigenvalue weighted by Gasteiger charge is 2.38. The molecule has 0 unspecified atom stereocenters. The summed E-state index contributed by atoms with van der Waals surface area (Å²) in [5, 5.41) is 8.58. The van der Waals surface area contributed by atoms with Gasteiger partial charge in [-0.3, -0.25) is 0 Å². The minimum Gasteiger partial charge on any atom is -0.326 e. The molecular weight excluding hydrogens is 370 g/mol.